The van der Waals surface area contributed by atoms with Gasteiger partial charge in [-0.15, -0.1) is 5.10 Å². The molecule has 0 amide bonds. The second kappa shape index (κ2) is 5.94. The van der Waals surface area contributed by atoms with Crippen LogP contribution in [0.3, 0.4) is 0 Å². The highest BCUT2D eigenvalue weighted by atomic mass is 16.3. The van der Waals surface area contributed by atoms with Crippen molar-refractivity contribution in [3.05, 3.63) is 5.82 Å². The van der Waals surface area contributed by atoms with Gasteiger partial charge in [-0.1, -0.05) is 0 Å². The van der Waals surface area contributed by atoms with Crippen LogP contribution in [0, 0.1) is 0 Å². The van der Waals surface area contributed by atoms with Crippen molar-refractivity contribution in [2.24, 2.45) is 0 Å². The van der Waals surface area contributed by atoms with Crippen molar-refractivity contribution >= 4 is 0 Å². The zero-order chi connectivity index (χ0) is 13.1. The standard InChI is InChI=1S/C12H22N6O/c19-7-6-17(8-10-2-1-5-13-10)9-12-14-15-16-18(12)11-3-4-11/h10-11,13,19H,1-9H2. The SMILES string of the molecule is OCCN(Cc1nnnn1C1CC1)CC1CCCN1. The van der Waals surface area contributed by atoms with Crippen LogP contribution in [0.5, 0.6) is 0 Å². The fraction of sp³-hybridized carbons (Fsp3) is 0.917. The molecule has 0 spiro atoms. The van der Waals surface area contributed by atoms with Crippen molar-refractivity contribution in [2.75, 3.05) is 26.2 Å². The number of nitrogens with one attached hydrogen (secondary N) is 1. The molecular weight excluding hydrogens is 244 g/mol. The van der Waals surface area contributed by atoms with Crippen molar-refractivity contribution in [1.29, 1.82) is 0 Å². The van der Waals surface area contributed by atoms with E-state index in [0.29, 0.717) is 18.6 Å². The quantitative estimate of drug-likeness (QED) is 0.696. The van der Waals surface area contributed by atoms with E-state index in [1.165, 1.54) is 25.7 Å². The zero-order valence-corrected chi connectivity index (χ0v) is 11.2. The number of nitrogens with zero attached hydrogens (tertiary/aromatic N) is 5. The van der Waals surface area contributed by atoms with Crippen LogP contribution >= 0.6 is 0 Å². The van der Waals surface area contributed by atoms with Crippen LogP contribution in [0.25, 0.3) is 0 Å². The topological polar surface area (TPSA) is 79.1 Å². The Kier molecular flexibility index (Phi) is 4.05. The lowest BCUT2D eigenvalue weighted by atomic mass is 10.2. The summed E-state index contributed by atoms with van der Waals surface area (Å²) in [5, 5.41) is 24.7. The summed E-state index contributed by atoms with van der Waals surface area (Å²) in [6.45, 7) is 3.64. The molecule has 0 aromatic carbocycles. The predicted molar refractivity (Wildman–Crippen MR) is 69.5 cm³/mol. The molecule has 106 valence electrons. The molecule has 1 saturated heterocycles. The number of hydrogen-bond acceptors (Lipinski definition) is 6. The maximum Gasteiger partial charge on any atom is 0.165 e. The molecule has 1 aliphatic heterocycles. The Morgan fingerprint density at radius 3 is 2.95 bits per heavy atom. The first-order valence-corrected chi connectivity index (χ1v) is 7.20. The number of aromatic nitrogens is 4. The molecule has 1 unspecified atom stereocenters. The fourth-order valence-electron chi connectivity index (χ4n) is 2.72. The highest BCUT2D eigenvalue weighted by Crippen LogP contribution is 2.34. The Hall–Kier alpha value is -1.05. The van der Waals surface area contributed by atoms with Gasteiger partial charge in [0.2, 0.25) is 0 Å². The Labute approximate surface area is 113 Å². The van der Waals surface area contributed by atoms with E-state index in [0.717, 1.165) is 25.5 Å². The molecule has 2 N–H and O–H groups in total. The molecule has 0 bridgehead atoms. The number of aliphatic hydroxyl groups excluding tert-OH is 1. The minimum absolute atomic E-state index is 0.178. The molecule has 1 aliphatic carbocycles. The van der Waals surface area contributed by atoms with Gasteiger partial charge in [-0.3, -0.25) is 4.90 Å². The van der Waals surface area contributed by atoms with Gasteiger partial charge in [0, 0.05) is 19.1 Å². The molecule has 1 atom stereocenters. The maximum atomic E-state index is 9.21. The monoisotopic (exact) mass is 266 g/mol. The van der Waals surface area contributed by atoms with Crippen LogP contribution in [0.15, 0.2) is 0 Å². The fourth-order valence-corrected chi connectivity index (χ4v) is 2.72. The van der Waals surface area contributed by atoms with Gasteiger partial charge >= 0.3 is 0 Å². The van der Waals surface area contributed by atoms with Gasteiger partial charge in [0.05, 0.1) is 19.2 Å². The van der Waals surface area contributed by atoms with Gasteiger partial charge in [-0.05, 0) is 42.7 Å². The first kappa shape index (κ1) is 13.0. The lowest BCUT2D eigenvalue weighted by Crippen LogP contribution is -2.39. The molecule has 2 aliphatic rings. The molecule has 7 heteroatoms. The molecule has 3 rings (SSSR count). The number of tetrazole rings is 1. The summed E-state index contributed by atoms with van der Waals surface area (Å²) in [6.07, 6.45) is 4.83. The van der Waals surface area contributed by atoms with E-state index in [-0.39, 0.29) is 6.61 Å². The van der Waals surface area contributed by atoms with Crippen LogP contribution in [0.2, 0.25) is 0 Å². The molecule has 2 heterocycles. The Bertz CT molecular complexity index is 399. The highest BCUT2D eigenvalue weighted by Gasteiger charge is 2.28. The summed E-state index contributed by atoms with van der Waals surface area (Å²) in [7, 11) is 0. The van der Waals surface area contributed by atoms with E-state index in [9.17, 15) is 5.11 Å². The highest BCUT2D eigenvalue weighted by molar-refractivity contribution is 4.91. The smallest absolute Gasteiger partial charge is 0.165 e. The molecule has 19 heavy (non-hydrogen) atoms. The van der Waals surface area contributed by atoms with E-state index in [1.807, 2.05) is 4.68 Å². The van der Waals surface area contributed by atoms with Gasteiger partial charge in [-0.25, -0.2) is 4.68 Å². The molecule has 1 aromatic heterocycles. The van der Waals surface area contributed by atoms with E-state index < -0.39 is 0 Å². The summed E-state index contributed by atoms with van der Waals surface area (Å²) in [5.41, 5.74) is 0. The van der Waals surface area contributed by atoms with E-state index in [1.54, 1.807) is 0 Å². The predicted octanol–water partition coefficient (Wildman–Crippen LogP) is -0.446. The van der Waals surface area contributed by atoms with Crippen LogP contribution < -0.4 is 5.32 Å². The van der Waals surface area contributed by atoms with Crippen LogP contribution in [0.1, 0.15) is 37.5 Å². The van der Waals surface area contributed by atoms with Crippen LogP contribution in [-0.4, -0.2) is 62.5 Å². The Balaban J connectivity index is 1.60. The average Bonchev–Trinajstić information content (AvgIpc) is 2.93. The minimum Gasteiger partial charge on any atom is -0.395 e. The van der Waals surface area contributed by atoms with Crippen molar-refractivity contribution in [2.45, 2.75) is 44.3 Å². The Morgan fingerprint density at radius 2 is 2.26 bits per heavy atom. The largest absolute Gasteiger partial charge is 0.395 e. The molecule has 1 saturated carbocycles. The minimum atomic E-state index is 0.178. The number of rotatable bonds is 7. The molecule has 2 fully saturated rings. The summed E-state index contributed by atoms with van der Waals surface area (Å²) in [6, 6.07) is 1.04. The number of hydrogen-bond donors (Lipinski definition) is 2. The maximum absolute atomic E-state index is 9.21. The summed E-state index contributed by atoms with van der Waals surface area (Å²) >= 11 is 0. The van der Waals surface area contributed by atoms with E-state index in [4.69, 9.17) is 0 Å². The first-order valence-electron chi connectivity index (χ1n) is 7.20. The normalized spacial score (nSPS) is 23.4. The van der Waals surface area contributed by atoms with Crippen molar-refractivity contribution in [3.8, 4) is 0 Å². The molecule has 1 aromatic rings. The summed E-state index contributed by atoms with van der Waals surface area (Å²) in [5.74, 6) is 0.925. The molecule has 0 radical (unpaired) electrons. The van der Waals surface area contributed by atoms with Crippen molar-refractivity contribution in [3.63, 3.8) is 0 Å². The Morgan fingerprint density at radius 1 is 1.37 bits per heavy atom. The third kappa shape index (κ3) is 3.29. The van der Waals surface area contributed by atoms with Crippen LogP contribution in [-0.2, 0) is 6.54 Å². The van der Waals surface area contributed by atoms with Gasteiger partial charge in [0.25, 0.3) is 0 Å². The lowest BCUT2D eigenvalue weighted by molar-refractivity contribution is 0.174. The second-order valence-corrected chi connectivity index (χ2v) is 5.52. The third-order valence-electron chi connectivity index (χ3n) is 3.88. The van der Waals surface area contributed by atoms with Gasteiger partial charge < -0.3 is 10.4 Å². The summed E-state index contributed by atoms with van der Waals surface area (Å²) in [4.78, 5) is 2.24. The van der Waals surface area contributed by atoms with Crippen LogP contribution in [0.4, 0.5) is 0 Å². The van der Waals surface area contributed by atoms with Gasteiger partial charge in [-0.2, -0.15) is 0 Å². The number of aliphatic hydroxyl groups is 1. The van der Waals surface area contributed by atoms with E-state index in [2.05, 4.69) is 25.7 Å². The zero-order valence-electron chi connectivity index (χ0n) is 11.2. The van der Waals surface area contributed by atoms with Crippen molar-refractivity contribution < 1.29 is 5.11 Å². The van der Waals surface area contributed by atoms with Gasteiger partial charge in [0.15, 0.2) is 5.82 Å². The summed E-state index contributed by atoms with van der Waals surface area (Å²) < 4.78 is 1.95. The average molecular weight is 266 g/mol. The second-order valence-electron chi connectivity index (χ2n) is 5.52. The van der Waals surface area contributed by atoms with Gasteiger partial charge in [0.1, 0.15) is 0 Å². The third-order valence-corrected chi connectivity index (χ3v) is 3.88. The van der Waals surface area contributed by atoms with E-state index >= 15 is 0 Å². The molecular formula is C12H22N6O. The molecule has 7 nitrogen and oxygen atoms in total. The first-order chi connectivity index (χ1) is 9.36. The van der Waals surface area contributed by atoms with Crippen molar-refractivity contribution in [1.82, 2.24) is 30.4 Å². The lowest BCUT2D eigenvalue weighted by Gasteiger charge is -2.24.